The molecule has 5 nitrogen and oxygen atoms in total. The van der Waals surface area contributed by atoms with Crippen molar-refractivity contribution in [1.82, 2.24) is 9.99 Å². The first-order valence-corrected chi connectivity index (χ1v) is 8.36. The van der Waals surface area contributed by atoms with Gasteiger partial charge in [0, 0.05) is 28.2 Å². The smallest absolute Gasteiger partial charge is 0.262 e. The van der Waals surface area contributed by atoms with Crippen molar-refractivity contribution >= 4 is 28.4 Å². The second-order valence-corrected chi connectivity index (χ2v) is 6.24. The maximum atomic E-state index is 13.1. The van der Waals surface area contributed by atoms with Gasteiger partial charge in [-0.1, -0.05) is 11.6 Å². The van der Waals surface area contributed by atoms with Crippen LogP contribution in [0.25, 0.3) is 10.9 Å². The summed E-state index contributed by atoms with van der Waals surface area (Å²) >= 11 is 5.93. The zero-order chi connectivity index (χ0) is 18.0. The van der Waals surface area contributed by atoms with Crippen molar-refractivity contribution in [3.8, 4) is 5.75 Å². The molecule has 0 saturated heterocycles. The van der Waals surface area contributed by atoms with E-state index in [0.29, 0.717) is 23.6 Å². The summed E-state index contributed by atoms with van der Waals surface area (Å²) in [5.74, 6) is 6.11. The summed E-state index contributed by atoms with van der Waals surface area (Å²) in [6.45, 7) is 2.57. The van der Waals surface area contributed by atoms with Crippen LogP contribution in [0.2, 0.25) is 5.02 Å². The van der Waals surface area contributed by atoms with Gasteiger partial charge < -0.3 is 4.74 Å². The van der Waals surface area contributed by atoms with Crippen LogP contribution in [0.15, 0.2) is 42.5 Å². The molecule has 0 fully saturated rings. The Labute approximate surface area is 151 Å². The van der Waals surface area contributed by atoms with Crippen molar-refractivity contribution in [2.45, 2.75) is 13.3 Å². The topological polar surface area (TPSA) is 69.3 Å². The van der Waals surface area contributed by atoms with Crippen LogP contribution in [0.5, 0.6) is 5.75 Å². The van der Waals surface area contributed by atoms with Crippen molar-refractivity contribution in [2.75, 3.05) is 13.7 Å². The Hall–Kier alpha value is -2.34. The predicted molar refractivity (Wildman–Crippen MR) is 100 cm³/mol. The van der Waals surface area contributed by atoms with Crippen LogP contribution in [-0.2, 0) is 6.42 Å². The van der Waals surface area contributed by atoms with Gasteiger partial charge in [-0.2, -0.15) is 0 Å². The molecule has 0 aliphatic carbocycles. The molecule has 0 bridgehead atoms. The first kappa shape index (κ1) is 17.5. The number of benzene rings is 2. The highest BCUT2D eigenvalue weighted by Crippen LogP contribution is 2.30. The van der Waals surface area contributed by atoms with Gasteiger partial charge in [-0.15, -0.1) is 0 Å². The van der Waals surface area contributed by atoms with Gasteiger partial charge in [0.05, 0.1) is 12.6 Å². The van der Waals surface area contributed by atoms with Crippen molar-refractivity contribution < 1.29 is 9.53 Å². The summed E-state index contributed by atoms with van der Waals surface area (Å²) in [5, 5.41) is 1.60. The molecule has 2 aromatic carbocycles. The quantitative estimate of drug-likeness (QED) is 0.543. The third-order valence-electron chi connectivity index (χ3n) is 4.36. The number of hydrazine groups is 1. The molecule has 0 spiro atoms. The summed E-state index contributed by atoms with van der Waals surface area (Å²) in [6.07, 6.45) is 0.715. The number of nitrogens with zero attached hydrogens (tertiary/aromatic N) is 1. The normalized spacial score (nSPS) is 11.0. The molecular formula is C19H20ClN3O2. The van der Waals surface area contributed by atoms with Gasteiger partial charge in [0.25, 0.3) is 5.91 Å². The lowest BCUT2D eigenvalue weighted by Crippen LogP contribution is -2.24. The molecule has 130 valence electrons. The van der Waals surface area contributed by atoms with Crippen LogP contribution >= 0.6 is 11.6 Å². The van der Waals surface area contributed by atoms with E-state index in [4.69, 9.17) is 22.2 Å². The van der Waals surface area contributed by atoms with Gasteiger partial charge in [-0.3, -0.25) is 20.6 Å². The highest BCUT2D eigenvalue weighted by atomic mass is 35.5. The van der Waals surface area contributed by atoms with E-state index in [1.54, 1.807) is 35.9 Å². The predicted octanol–water partition coefficient (Wildman–Crippen LogP) is 3.31. The minimum Gasteiger partial charge on any atom is -0.497 e. The number of carbonyl (C=O) groups is 1. The molecule has 0 saturated carbocycles. The van der Waals surface area contributed by atoms with Crippen molar-refractivity contribution in [3.05, 3.63) is 64.3 Å². The molecule has 3 N–H and O–H groups in total. The number of hydrogen-bond donors (Lipinski definition) is 2. The van der Waals surface area contributed by atoms with Crippen LogP contribution in [0.3, 0.4) is 0 Å². The summed E-state index contributed by atoms with van der Waals surface area (Å²) in [4.78, 5) is 13.1. The number of halogens is 1. The van der Waals surface area contributed by atoms with E-state index in [9.17, 15) is 4.79 Å². The molecule has 1 aromatic heterocycles. The molecule has 3 rings (SSSR count). The summed E-state index contributed by atoms with van der Waals surface area (Å²) in [7, 11) is 1.63. The van der Waals surface area contributed by atoms with Gasteiger partial charge in [0.1, 0.15) is 5.75 Å². The van der Waals surface area contributed by atoms with Crippen molar-refractivity contribution in [1.29, 1.82) is 0 Å². The highest BCUT2D eigenvalue weighted by molar-refractivity contribution is 6.30. The number of aromatic nitrogens is 1. The molecule has 0 aliphatic rings. The first-order valence-electron chi connectivity index (χ1n) is 7.98. The van der Waals surface area contributed by atoms with Gasteiger partial charge in [0.2, 0.25) is 0 Å². The van der Waals surface area contributed by atoms with Gasteiger partial charge in [0.15, 0.2) is 0 Å². The zero-order valence-corrected chi connectivity index (χ0v) is 14.9. The van der Waals surface area contributed by atoms with Gasteiger partial charge in [-0.25, -0.2) is 0 Å². The van der Waals surface area contributed by atoms with E-state index in [1.807, 2.05) is 25.1 Å². The van der Waals surface area contributed by atoms with E-state index < -0.39 is 0 Å². The SMILES string of the molecule is COc1ccc2c(c1)c(CCNN)c(C)n2C(=O)c1ccc(Cl)cc1. The number of carbonyl (C=O) groups excluding carboxylic acids is 1. The van der Waals surface area contributed by atoms with Crippen LogP contribution in [-0.4, -0.2) is 24.1 Å². The highest BCUT2D eigenvalue weighted by Gasteiger charge is 2.20. The molecule has 0 unspecified atom stereocenters. The Morgan fingerprint density at radius 3 is 2.60 bits per heavy atom. The lowest BCUT2D eigenvalue weighted by atomic mass is 10.1. The number of nitrogens with two attached hydrogens (primary N) is 1. The van der Waals surface area contributed by atoms with E-state index in [0.717, 1.165) is 27.9 Å². The van der Waals surface area contributed by atoms with Crippen LogP contribution in [0.4, 0.5) is 0 Å². The monoisotopic (exact) mass is 357 g/mol. The van der Waals surface area contributed by atoms with Crippen LogP contribution in [0, 0.1) is 6.92 Å². The van der Waals surface area contributed by atoms with Gasteiger partial charge in [-0.05, 0) is 61.4 Å². The molecule has 25 heavy (non-hydrogen) atoms. The number of methoxy groups -OCH3 is 1. The summed E-state index contributed by atoms with van der Waals surface area (Å²) in [6, 6.07) is 12.6. The molecule has 0 amide bonds. The number of rotatable bonds is 5. The molecule has 3 aromatic rings. The third kappa shape index (κ3) is 3.26. The van der Waals surface area contributed by atoms with Crippen molar-refractivity contribution in [3.63, 3.8) is 0 Å². The summed E-state index contributed by atoms with van der Waals surface area (Å²) in [5.41, 5.74) is 6.09. The number of nitrogens with one attached hydrogen (secondary N) is 1. The van der Waals surface area contributed by atoms with Crippen molar-refractivity contribution in [2.24, 2.45) is 5.84 Å². The standard InChI is InChI=1S/C19H20ClN3O2/c1-12-16(9-10-22-21)17-11-15(25-2)7-8-18(17)23(12)19(24)13-3-5-14(20)6-4-13/h3-8,11,22H,9-10,21H2,1-2H3. The summed E-state index contributed by atoms with van der Waals surface area (Å²) < 4.78 is 7.08. The lowest BCUT2D eigenvalue weighted by molar-refractivity contribution is 0.0963. The first-order chi connectivity index (χ1) is 12.1. The Balaban J connectivity index is 2.18. The van der Waals surface area contributed by atoms with Crippen LogP contribution in [0.1, 0.15) is 21.6 Å². The average molecular weight is 358 g/mol. The molecular weight excluding hydrogens is 338 g/mol. The number of ether oxygens (including phenoxy) is 1. The maximum absolute atomic E-state index is 13.1. The Morgan fingerprint density at radius 1 is 1.24 bits per heavy atom. The fourth-order valence-corrected chi connectivity index (χ4v) is 3.21. The second kappa shape index (κ2) is 7.27. The van der Waals surface area contributed by atoms with E-state index in [1.165, 1.54) is 0 Å². The van der Waals surface area contributed by atoms with Gasteiger partial charge >= 0.3 is 0 Å². The fraction of sp³-hybridized carbons (Fsp3) is 0.211. The largest absolute Gasteiger partial charge is 0.497 e. The van der Waals surface area contributed by atoms with Crippen LogP contribution < -0.4 is 16.0 Å². The minimum atomic E-state index is -0.0868. The van der Waals surface area contributed by atoms with E-state index >= 15 is 0 Å². The Morgan fingerprint density at radius 2 is 1.96 bits per heavy atom. The average Bonchev–Trinajstić information content (AvgIpc) is 2.90. The van der Waals surface area contributed by atoms with E-state index in [2.05, 4.69) is 5.43 Å². The second-order valence-electron chi connectivity index (χ2n) is 5.80. The number of hydrogen-bond acceptors (Lipinski definition) is 4. The molecule has 1 heterocycles. The Kier molecular flexibility index (Phi) is 5.08. The lowest BCUT2D eigenvalue weighted by Gasteiger charge is -2.08. The molecule has 0 aliphatic heterocycles. The number of fused-ring (bicyclic) bond motifs is 1. The molecule has 0 radical (unpaired) electrons. The molecule has 0 atom stereocenters. The zero-order valence-electron chi connectivity index (χ0n) is 14.2. The Bertz CT molecular complexity index is 917. The maximum Gasteiger partial charge on any atom is 0.262 e. The minimum absolute atomic E-state index is 0.0868. The molecule has 6 heteroatoms. The third-order valence-corrected chi connectivity index (χ3v) is 4.61. The van der Waals surface area contributed by atoms with E-state index in [-0.39, 0.29) is 5.91 Å². The fourth-order valence-electron chi connectivity index (χ4n) is 3.09.